The average molecular weight is 759 g/mol. The van der Waals surface area contributed by atoms with Crippen molar-refractivity contribution in [2.24, 2.45) is 23.2 Å². The number of ether oxygens (including phenoxy) is 2. The van der Waals surface area contributed by atoms with Crippen molar-refractivity contribution in [1.29, 1.82) is 0 Å². The molecule has 50 heavy (non-hydrogen) atoms. The molecular formula is C39H56BrN3O7. The van der Waals surface area contributed by atoms with Crippen LogP contribution in [0.25, 0.3) is 0 Å². The van der Waals surface area contributed by atoms with Crippen molar-refractivity contribution in [2.75, 3.05) is 19.7 Å². The van der Waals surface area contributed by atoms with Crippen LogP contribution in [0.1, 0.15) is 85.8 Å². The van der Waals surface area contributed by atoms with Gasteiger partial charge in [-0.3, -0.25) is 19.2 Å². The monoisotopic (exact) mass is 757 g/mol. The largest absolute Gasteiger partial charge is 0.455 e. The summed E-state index contributed by atoms with van der Waals surface area (Å²) >= 11 is 3.75. The standard InChI is InChI=1S/C39H56BrN3O7/c1-10-12-18-29(45)41-21-28(25-16-14-13-15-17-25)49-36(48)30-31-34(46)43(27(22-44)24(3)4)33(39(31)20-26(40)32(30)50-39)35(47)42(19-11-2)38(8,9)23-37(5,6)7/h10-11,13-17,24,26-28,30-33,44H,1-2,12,18-23H2,3-9H3,(H,41,45)/t26?,27-,28-,30+,31-,32+,33+,39-/m0/s1. The number of esters is 1. The zero-order valence-electron chi connectivity index (χ0n) is 30.7. The number of nitrogens with one attached hydrogen (secondary N) is 1. The van der Waals surface area contributed by atoms with Crippen molar-refractivity contribution in [1.82, 2.24) is 15.1 Å². The molecule has 3 heterocycles. The minimum atomic E-state index is -1.34. The molecular weight excluding hydrogens is 702 g/mol. The van der Waals surface area contributed by atoms with E-state index in [-0.39, 0.29) is 54.1 Å². The molecule has 10 nitrogen and oxygen atoms in total. The number of benzene rings is 1. The lowest BCUT2D eigenvalue weighted by molar-refractivity contribution is -0.162. The summed E-state index contributed by atoms with van der Waals surface area (Å²) in [5, 5.41) is 13.5. The smallest absolute Gasteiger partial charge is 0.313 e. The molecule has 3 aliphatic rings. The van der Waals surface area contributed by atoms with Gasteiger partial charge in [0.2, 0.25) is 17.7 Å². The fraction of sp³-hybridized carbons (Fsp3) is 0.641. The summed E-state index contributed by atoms with van der Waals surface area (Å²) < 4.78 is 13.0. The van der Waals surface area contributed by atoms with Crippen LogP contribution < -0.4 is 5.32 Å². The summed E-state index contributed by atoms with van der Waals surface area (Å²) in [4.78, 5) is 59.8. The Kier molecular flexibility index (Phi) is 12.5. The Balaban J connectivity index is 1.76. The fourth-order valence-electron chi connectivity index (χ4n) is 8.54. The second kappa shape index (κ2) is 15.7. The van der Waals surface area contributed by atoms with E-state index in [1.54, 1.807) is 17.1 Å². The zero-order valence-corrected chi connectivity index (χ0v) is 32.3. The summed E-state index contributed by atoms with van der Waals surface area (Å²) in [5.41, 5.74) is -1.38. The number of carbonyl (C=O) groups is 4. The van der Waals surface area contributed by atoms with Crippen LogP contribution in [-0.2, 0) is 28.7 Å². The molecule has 3 amide bonds. The number of carbonyl (C=O) groups excluding carboxylic acids is 4. The predicted octanol–water partition coefficient (Wildman–Crippen LogP) is 5.35. The van der Waals surface area contributed by atoms with Gasteiger partial charge in [-0.1, -0.05) is 93.0 Å². The first kappa shape index (κ1) is 39.8. The molecule has 0 radical (unpaired) electrons. The van der Waals surface area contributed by atoms with Crippen LogP contribution in [0, 0.1) is 23.2 Å². The zero-order chi connectivity index (χ0) is 37.2. The number of halogens is 1. The van der Waals surface area contributed by atoms with Gasteiger partial charge in [0.1, 0.15) is 17.7 Å². The van der Waals surface area contributed by atoms with E-state index in [1.165, 1.54) is 4.90 Å². The molecule has 0 aromatic heterocycles. The van der Waals surface area contributed by atoms with Crippen molar-refractivity contribution >= 4 is 39.6 Å². The van der Waals surface area contributed by atoms with Crippen LogP contribution in [0.15, 0.2) is 55.6 Å². The highest BCUT2D eigenvalue weighted by Gasteiger charge is 2.78. The molecule has 1 aromatic carbocycles. The normalized spacial score (nSPS) is 27.1. The first-order valence-electron chi connectivity index (χ1n) is 17.7. The Bertz CT molecular complexity index is 1430. The second-order valence-corrected chi connectivity index (χ2v) is 17.3. The Hall–Kier alpha value is -3.02. The summed E-state index contributed by atoms with van der Waals surface area (Å²) in [5.74, 6) is -3.76. The van der Waals surface area contributed by atoms with E-state index in [1.807, 2.05) is 58.0 Å². The van der Waals surface area contributed by atoms with Crippen LogP contribution in [-0.4, -0.2) is 92.4 Å². The number of allylic oxidation sites excluding steroid dienone is 1. The van der Waals surface area contributed by atoms with Crippen molar-refractivity contribution < 1.29 is 33.8 Å². The highest BCUT2D eigenvalue weighted by Crippen LogP contribution is 2.61. The lowest BCUT2D eigenvalue weighted by Crippen LogP contribution is -2.63. The molecule has 3 saturated heterocycles. The third kappa shape index (κ3) is 7.89. The fourth-order valence-corrected chi connectivity index (χ4v) is 9.48. The van der Waals surface area contributed by atoms with Gasteiger partial charge in [-0.2, -0.15) is 0 Å². The number of aliphatic hydroxyl groups is 1. The Morgan fingerprint density at radius 2 is 1.82 bits per heavy atom. The van der Waals surface area contributed by atoms with Gasteiger partial charge in [0.25, 0.3) is 0 Å². The van der Waals surface area contributed by atoms with Gasteiger partial charge in [0, 0.05) is 23.3 Å². The van der Waals surface area contributed by atoms with E-state index in [0.717, 1.165) is 0 Å². The number of fused-ring (bicyclic) bond motifs is 1. The number of hydrogen-bond acceptors (Lipinski definition) is 7. The molecule has 1 unspecified atom stereocenters. The minimum Gasteiger partial charge on any atom is -0.455 e. The molecule has 2 N–H and O–H groups in total. The summed E-state index contributed by atoms with van der Waals surface area (Å²) in [6.07, 6.45) is 3.56. The van der Waals surface area contributed by atoms with Crippen molar-refractivity contribution in [3.05, 3.63) is 61.2 Å². The maximum Gasteiger partial charge on any atom is 0.313 e. The average Bonchev–Trinajstić information content (AvgIpc) is 3.63. The highest BCUT2D eigenvalue weighted by atomic mass is 79.9. The lowest BCUT2D eigenvalue weighted by Gasteiger charge is -2.47. The first-order chi connectivity index (χ1) is 23.4. The molecule has 3 fully saturated rings. The van der Waals surface area contributed by atoms with Crippen LogP contribution in [0.5, 0.6) is 0 Å². The Labute approximate surface area is 306 Å². The van der Waals surface area contributed by atoms with Gasteiger partial charge in [-0.25, -0.2) is 0 Å². The van der Waals surface area contributed by atoms with Crippen LogP contribution in [0.2, 0.25) is 0 Å². The van der Waals surface area contributed by atoms with E-state index >= 15 is 4.79 Å². The molecule has 1 spiro atoms. The van der Waals surface area contributed by atoms with E-state index in [0.29, 0.717) is 24.8 Å². The molecule has 1 aromatic rings. The number of nitrogens with zero attached hydrogens (tertiary/aromatic N) is 2. The number of hydrogen-bond donors (Lipinski definition) is 2. The summed E-state index contributed by atoms with van der Waals surface area (Å²) in [7, 11) is 0. The molecule has 11 heteroatoms. The third-order valence-corrected chi connectivity index (χ3v) is 11.2. The van der Waals surface area contributed by atoms with Gasteiger partial charge < -0.3 is 29.7 Å². The SMILES string of the molecule is C=CCCC(=O)NC[C@H](OC(=O)[C@H]1[C@@H]2O[C@@]3(CC2Br)[C@@H]1C(=O)N([C@@H](CO)C(C)C)[C@@H]3C(=O)N(CC=C)C(C)(C)CC(C)(C)C)c1ccccc1. The Morgan fingerprint density at radius 1 is 1.16 bits per heavy atom. The number of amides is 3. The summed E-state index contributed by atoms with van der Waals surface area (Å²) in [6, 6.07) is 7.36. The van der Waals surface area contributed by atoms with Crippen LogP contribution in [0.3, 0.4) is 0 Å². The molecule has 276 valence electrons. The predicted molar refractivity (Wildman–Crippen MR) is 196 cm³/mol. The quantitative estimate of drug-likeness (QED) is 0.132. The van der Waals surface area contributed by atoms with Gasteiger partial charge in [-0.15, -0.1) is 13.2 Å². The molecule has 8 atom stereocenters. The third-order valence-electron chi connectivity index (χ3n) is 10.3. The molecule has 0 saturated carbocycles. The van der Waals surface area contributed by atoms with Crippen LogP contribution in [0.4, 0.5) is 0 Å². The lowest BCUT2D eigenvalue weighted by atomic mass is 9.70. The summed E-state index contributed by atoms with van der Waals surface area (Å²) in [6.45, 7) is 21.7. The van der Waals surface area contributed by atoms with E-state index < -0.39 is 59.1 Å². The second-order valence-electron chi connectivity index (χ2n) is 16.2. The number of rotatable bonds is 16. The van der Waals surface area contributed by atoms with E-state index in [9.17, 15) is 19.5 Å². The van der Waals surface area contributed by atoms with Crippen molar-refractivity contribution in [2.45, 2.75) is 114 Å². The maximum absolute atomic E-state index is 15.1. The maximum atomic E-state index is 15.1. The number of aliphatic hydroxyl groups excluding tert-OH is 1. The minimum absolute atomic E-state index is 0.0397. The van der Waals surface area contributed by atoms with Gasteiger partial charge in [0.05, 0.1) is 37.1 Å². The molecule has 3 aliphatic heterocycles. The molecule has 2 bridgehead atoms. The van der Waals surface area contributed by atoms with E-state index in [2.05, 4.69) is 55.2 Å². The topological polar surface area (TPSA) is 125 Å². The Morgan fingerprint density at radius 3 is 2.38 bits per heavy atom. The van der Waals surface area contributed by atoms with Gasteiger partial charge in [0.15, 0.2) is 0 Å². The molecule has 0 aliphatic carbocycles. The molecule has 4 rings (SSSR count). The first-order valence-corrected chi connectivity index (χ1v) is 18.7. The van der Waals surface area contributed by atoms with Crippen LogP contribution >= 0.6 is 15.9 Å². The van der Waals surface area contributed by atoms with E-state index in [4.69, 9.17) is 9.47 Å². The van der Waals surface area contributed by atoms with Gasteiger partial charge in [-0.05, 0) is 50.0 Å². The van der Waals surface area contributed by atoms with Gasteiger partial charge >= 0.3 is 5.97 Å². The van der Waals surface area contributed by atoms with Crippen molar-refractivity contribution in [3.8, 4) is 0 Å². The highest BCUT2D eigenvalue weighted by molar-refractivity contribution is 9.09. The van der Waals surface area contributed by atoms with Crippen molar-refractivity contribution in [3.63, 3.8) is 0 Å². The number of likely N-dealkylation sites (tertiary alicyclic amines) is 1. The number of alkyl halides is 1.